The molecule has 1 saturated heterocycles. The molecule has 2 aromatic heterocycles. The Hall–Kier alpha value is -2.61. The van der Waals surface area contributed by atoms with Crippen LogP contribution in [0.2, 0.25) is 0 Å². The summed E-state index contributed by atoms with van der Waals surface area (Å²) in [7, 11) is 0. The minimum absolute atomic E-state index is 0.00101. The summed E-state index contributed by atoms with van der Waals surface area (Å²) in [6, 6.07) is 6.27. The second-order valence-electron chi connectivity index (χ2n) is 9.55. The lowest BCUT2D eigenvalue weighted by Crippen LogP contribution is -2.44. The van der Waals surface area contributed by atoms with E-state index in [9.17, 15) is 13.2 Å². The molecule has 0 radical (unpaired) electrons. The SMILES string of the molecule is CC(C)Cc1onc(-c2onc3c2CCc2cc(CN4CC(C)C4)ccc2-3)c1C(F)(F)F. The number of alkyl halides is 3. The maximum absolute atomic E-state index is 13.9. The van der Waals surface area contributed by atoms with Crippen LogP contribution in [0.15, 0.2) is 27.2 Å². The third kappa shape index (κ3) is 3.74. The fourth-order valence-corrected chi connectivity index (χ4v) is 4.88. The minimum atomic E-state index is -4.59. The Morgan fingerprint density at radius 1 is 1.09 bits per heavy atom. The standard InChI is InChI=1S/C24H26F3N3O2/c1-13(2)8-19-20(24(25,26)27)22(29-31-19)23-18-7-5-16-9-15(12-30-10-14(3)11-30)4-6-17(16)21(18)28-32-23/h4,6,9,13-14H,5,7-8,10-12H2,1-3H3. The van der Waals surface area contributed by atoms with Crippen molar-refractivity contribution in [2.75, 3.05) is 13.1 Å². The van der Waals surface area contributed by atoms with Gasteiger partial charge in [-0.2, -0.15) is 13.2 Å². The van der Waals surface area contributed by atoms with Gasteiger partial charge in [0.05, 0.1) is 0 Å². The molecule has 0 bridgehead atoms. The van der Waals surface area contributed by atoms with Gasteiger partial charge in [0.25, 0.3) is 0 Å². The molecule has 1 aliphatic heterocycles. The third-order valence-electron chi connectivity index (χ3n) is 6.26. The lowest BCUT2D eigenvalue weighted by atomic mass is 9.87. The average Bonchev–Trinajstić information content (AvgIpc) is 3.29. The first-order chi connectivity index (χ1) is 15.2. The van der Waals surface area contributed by atoms with Crippen LogP contribution in [0.25, 0.3) is 22.7 Å². The van der Waals surface area contributed by atoms with E-state index in [1.807, 2.05) is 19.9 Å². The predicted molar refractivity (Wildman–Crippen MR) is 113 cm³/mol. The molecule has 0 amide bonds. The van der Waals surface area contributed by atoms with E-state index in [2.05, 4.69) is 34.3 Å². The van der Waals surface area contributed by atoms with Crippen LogP contribution in [0.4, 0.5) is 13.2 Å². The zero-order chi connectivity index (χ0) is 22.6. The predicted octanol–water partition coefficient (Wildman–Crippen LogP) is 5.76. The number of halogens is 3. The molecular formula is C24H26F3N3O2. The number of hydrogen-bond donors (Lipinski definition) is 0. The number of fused-ring (bicyclic) bond motifs is 3. The lowest BCUT2D eigenvalue weighted by Gasteiger charge is -2.37. The number of benzene rings is 1. The van der Waals surface area contributed by atoms with Crippen LogP contribution in [-0.4, -0.2) is 28.3 Å². The molecule has 3 aromatic rings. The van der Waals surface area contributed by atoms with Gasteiger partial charge < -0.3 is 9.05 Å². The van der Waals surface area contributed by atoms with Crippen LogP contribution in [0.3, 0.4) is 0 Å². The molecule has 2 aliphatic rings. The van der Waals surface area contributed by atoms with Gasteiger partial charge in [-0.25, -0.2) is 0 Å². The molecule has 0 N–H and O–H groups in total. The molecule has 5 rings (SSSR count). The third-order valence-corrected chi connectivity index (χ3v) is 6.26. The number of nitrogens with zero attached hydrogens (tertiary/aromatic N) is 3. The molecule has 0 atom stereocenters. The molecule has 8 heteroatoms. The zero-order valence-corrected chi connectivity index (χ0v) is 18.4. The first kappa shape index (κ1) is 21.2. The number of likely N-dealkylation sites (tertiary alicyclic amines) is 1. The Morgan fingerprint density at radius 3 is 2.53 bits per heavy atom. The van der Waals surface area contributed by atoms with Crippen molar-refractivity contribution in [2.24, 2.45) is 11.8 Å². The number of rotatable bonds is 5. The smallest absolute Gasteiger partial charge is 0.360 e. The van der Waals surface area contributed by atoms with Crippen molar-refractivity contribution in [1.82, 2.24) is 15.2 Å². The molecule has 32 heavy (non-hydrogen) atoms. The van der Waals surface area contributed by atoms with E-state index in [1.54, 1.807) is 0 Å². The molecule has 5 nitrogen and oxygen atoms in total. The summed E-state index contributed by atoms with van der Waals surface area (Å²) in [6.45, 7) is 9.08. The minimum Gasteiger partial charge on any atom is -0.360 e. The second-order valence-corrected chi connectivity index (χ2v) is 9.55. The van der Waals surface area contributed by atoms with Crippen molar-refractivity contribution in [2.45, 2.75) is 52.8 Å². The highest BCUT2D eigenvalue weighted by atomic mass is 19.4. The van der Waals surface area contributed by atoms with Crippen LogP contribution in [-0.2, 0) is 32.0 Å². The van der Waals surface area contributed by atoms with Crippen molar-refractivity contribution >= 4 is 0 Å². The first-order valence-corrected chi connectivity index (χ1v) is 11.1. The summed E-state index contributed by atoms with van der Waals surface area (Å²) in [4.78, 5) is 2.41. The van der Waals surface area contributed by atoms with Gasteiger partial charge in [-0.3, -0.25) is 4.90 Å². The van der Waals surface area contributed by atoms with E-state index in [0.29, 0.717) is 17.7 Å². The van der Waals surface area contributed by atoms with Crippen LogP contribution >= 0.6 is 0 Å². The fraction of sp³-hybridized carbons (Fsp3) is 0.500. The van der Waals surface area contributed by atoms with Gasteiger partial charge in [0.15, 0.2) is 11.5 Å². The van der Waals surface area contributed by atoms with Gasteiger partial charge in [-0.1, -0.05) is 49.3 Å². The zero-order valence-electron chi connectivity index (χ0n) is 18.4. The monoisotopic (exact) mass is 445 g/mol. The Bertz CT molecular complexity index is 1140. The molecule has 3 heterocycles. The number of aryl methyl sites for hydroxylation is 1. The summed E-state index contributed by atoms with van der Waals surface area (Å²) >= 11 is 0. The summed E-state index contributed by atoms with van der Waals surface area (Å²) in [5.41, 5.74) is 3.44. The topological polar surface area (TPSA) is 55.3 Å². The highest BCUT2D eigenvalue weighted by Crippen LogP contribution is 2.44. The number of hydrogen-bond acceptors (Lipinski definition) is 5. The molecule has 0 unspecified atom stereocenters. The molecular weight excluding hydrogens is 419 g/mol. The quantitative estimate of drug-likeness (QED) is 0.500. The second kappa shape index (κ2) is 7.76. The van der Waals surface area contributed by atoms with Crippen molar-refractivity contribution in [1.29, 1.82) is 0 Å². The van der Waals surface area contributed by atoms with E-state index in [4.69, 9.17) is 9.05 Å². The Labute approximate surface area is 184 Å². The van der Waals surface area contributed by atoms with E-state index in [0.717, 1.165) is 43.1 Å². The van der Waals surface area contributed by atoms with Gasteiger partial charge in [0.1, 0.15) is 17.0 Å². The maximum atomic E-state index is 13.9. The van der Waals surface area contributed by atoms with Crippen molar-refractivity contribution in [3.8, 4) is 22.7 Å². The Kier molecular flexibility index (Phi) is 5.15. The van der Waals surface area contributed by atoms with Crippen LogP contribution in [0, 0.1) is 11.8 Å². The van der Waals surface area contributed by atoms with Crippen molar-refractivity contribution in [3.05, 3.63) is 46.2 Å². The van der Waals surface area contributed by atoms with Crippen LogP contribution in [0.1, 0.15) is 48.8 Å². The van der Waals surface area contributed by atoms with Gasteiger partial charge >= 0.3 is 6.18 Å². The molecule has 0 spiro atoms. The Morgan fingerprint density at radius 2 is 1.84 bits per heavy atom. The van der Waals surface area contributed by atoms with Crippen LogP contribution in [0.5, 0.6) is 0 Å². The van der Waals surface area contributed by atoms with Gasteiger partial charge in [0, 0.05) is 37.2 Å². The van der Waals surface area contributed by atoms with E-state index >= 15 is 0 Å². The van der Waals surface area contributed by atoms with Crippen LogP contribution < -0.4 is 0 Å². The number of aromatic nitrogens is 2. The molecule has 170 valence electrons. The van der Waals surface area contributed by atoms with E-state index in [-0.39, 0.29) is 29.6 Å². The highest BCUT2D eigenvalue weighted by Gasteiger charge is 2.43. The molecule has 1 fully saturated rings. The van der Waals surface area contributed by atoms with Crippen molar-refractivity contribution in [3.63, 3.8) is 0 Å². The molecule has 0 saturated carbocycles. The largest absolute Gasteiger partial charge is 0.422 e. The van der Waals surface area contributed by atoms with Gasteiger partial charge in [-0.05, 0) is 35.8 Å². The van der Waals surface area contributed by atoms with Gasteiger partial charge in [-0.15, -0.1) is 0 Å². The van der Waals surface area contributed by atoms with Gasteiger partial charge in [0.2, 0.25) is 0 Å². The van der Waals surface area contributed by atoms with E-state index < -0.39 is 11.7 Å². The molecule has 1 aliphatic carbocycles. The Balaban J connectivity index is 1.49. The first-order valence-electron chi connectivity index (χ1n) is 11.1. The summed E-state index contributed by atoms with van der Waals surface area (Å²) in [6.07, 6.45) is -3.16. The summed E-state index contributed by atoms with van der Waals surface area (Å²) < 4.78 is 52.3. The highest BCUT2D eigenvalue weighted by molar-refractivity contribution is 5.76. The fourth-order valence-electron chi connectivity index (χ4n) is 4.88. The normalized spacial score (nSPS) is 16.8. The van der Waals surface area contributed by atoms with E-state index in [1.165, 1.54) is 5.56 Å². The van der Waals surface area contributed by atoms with Crippen molar-refractivity contribution < 1.29 is 22.2 Å². The molecule has 1 aromatic carbocycles. The average molecular weight is 445 g/mol. The maximum Gasteiger partial charge on any atom is 0.422 e. The summed E-state index contributed by atoms with van der Waals surface area (Å²) in [5, 5.41) is 7.94. The lowest BCUT2D eigenvalue weighted by molar-refractivity contribution is -0.138. The summed E-state index contributed by atoms with van der Waals surface area (Å²) in [5.74, 6) is 0.660.